The smallest absolute Gasteiger partial charge is 0.280 e. The molecule has 4 heterocycles. The summed E-state index contributed by atoms with van der Waals surface area (Å²) in [4.78, 5) is 40.8. The van der Waals surface area contributed by atoms with Gasteiger partial charge in [0.2, 0.25) is 0 Å². The second-order valence-corrected chi connectivity index (χ2v) is 10.4. The average molecular weight is 562 g/mol. The van der Waals surface area contributed by atoms with E-state index in [1.54, 1.807) is 0 Å². The van der Waals surface area contributed by atoms with E-state index in [0.29, 0.717) is 63.8 Å². The number of hydrogen-bond donors (Lipinski definition) is 5. The Morgan fingerprint density at radius 2 is 1.95 bits per heavy atom. The first-order valence-corrected chi connectivity index (χ1v) is 13.3. The van der Waals surface area contributed by atoms with E-state index >= 15 is 0 Å². The van der Waals surface area contributed by atoms with Crippen molar-refractivity contribution >= 4 is 53.0 Å². The maximum absolute atomic E-state index is 13.2. The van der Waals surface area contributed by atoms with Gasteiger partial charge in [-0.25, -0.2) is 9.97 Å². The number of nitrogens with zero attached hydrogens (tertiary/aromatic N) is 4. The lowest BCUT2D eigenvalue weighted by Gasteiger charge is -2.39. The molecule has 38 heavy (non-hydrogen) atoms. The van der Waals surface area contributed by atoms with Crippen LogP contribution in [-0.2, 0) is 9.47 Å². The highest BCUT2D eigenvalue weighted by Crippen LogP contribution is 2.27. The monoisotopic (exact) mass is 561 g/mol. The first-order valence-electron chi connectivity index (χ1n) is 12.1. The van der Waals surface area contributed by atoms with E-state index in [1.165, 1.54) is 11.9 Å². The number of piperidine rings is 1. The zero-order valence-electron chi connectivity index (χ0n) is 20.4. The van der Waals surface area contributed by atoms with E-state index < -0.39 is 5.91 Å². The minimum Gasteiger partial charge on any atom is -0.382 e. The summed E-state index contributed by atoms with van der Waals surface area (Å²) in [6.07, 6.45) is 1.11. The highest BCUT2D eigenvalue weighted by molar-refractivity contribution is 7.97. The number of carbonyl (C=O) groups excluding carboxylic acids is 2. The molecule has 202 valence electrons. The number of aliphatic imine (C=N–C) groups is 1. The summed E-state index contributed by atoms with van der Waals surface area (Å²) >= 11 is 7.31. The molecule has 2 amide bonds. The third kappa shape index (κ3) is 5.94. The number of likely N-dealkylation sites (tertiary alicyclic amines) is 1. The van der Waals surface area contributed by atoms with Gasteiger partial charge in [-0.1, -0.05) is 17.7 Å². The van der Waals surface area contributed by atoms with Gasteiger partial charge in [0.25, 0.3) is 11.8 Å². The van der Waals surface area contributed by atoms with E-state index in [2.05, 4.69) is 30.3 Å². The van der Waals surface area contributed by atoms with Crippen LogP contribution in [0.4, 0.5) is 11.6 Å². The predicted molar refractivity (Wildman–Crippen MR) is 143 cm³/mol. The number of anilines is 2. The molecule has 3 aliphatic heterocycles. The lowest BCUT2D eigenvalue weighted by atomic mass is 9.88. The molecular weight excluding hydrogens is 534 g/mol. The second-order valence-electron chi connectivity index (χ2n) is 9.10. The number of guanidine groups is 1. The van der Waals surface area contributed by atoms with Gasteiger partial charge in [0, 0.05) is 23.5 Å². The Kier molecular flexibility index (Phi) is 7.85. The van der Waals surface area contributed by atoms with E-state index in [4.69, 9.17) is 32.5 Å². The Balaban J connectivity index is 1.11. The van der Waals surface area contributed by atoms with Crippen molar-refractivity contribution in [1.29, 1.82) is 0 Å². The summed E-state index contributed by atoms with van der Waals surface area (Å²) in [6.45, 7) is 3.36. The number of nitrogens with one attached hydrogen (secondary N) is 3. The number of nitrogens with two attached hydrogens (primary N) is 2. The lowest BCUT2D eigenvalue weighted by Crippen LogP contribution is -2.57. The first-order chi connectivity index (χ1) is 18.3. The van der Waals surface area contributed by atoms with Crippen LogP contribution in [0, 0.1) is 0 Å². The topological polar surface area (TPSA) is 182 Å². The van der Waals surface area contributed by atoms with Crippen molar-refractivity contribution in [3.05, 3.63) is 40.7 Å². The maximum Gasteiger partial charge on any atom is 0.280 e. The van der Waals surface area contributed by atoms with Crippen LogP contribution in [0.15, 0.2) is 34.2 Å². The van der Waals surface area contributed by atoms with Crippen LogP contribution >= 0.6 is 23.5 Å². The summed E-state index contributed by atoms with van der Waals surface area (Å²) in [7, 11) is 0. The molecule has 0 atom stereocenters. The van der Waals surface area contributed by atoms with Crippen molar-refractivity contribution in [2.45, 2.75) is 29.6 Å². The summed E-state index contributed by atoms with van der Waals surface area (Å²) in [6, 6.07) is 7.52. The van der Waals surface area contributed by atoms with E-state index in [1.807, 2.05) is 29.2 Å². The van der Waals surface area contributed by atoms with Crippen molar-refractivity contribution in [2.24, 2.45) is 4.99 Å². The van der Waals surface area contributed by atoms with Crippen molar-refractivity contribution in [3.8, 4) is 0 Å². The number of ether oxygens (including phenoxy) is 2. The fourth-order valence-electron chi connectivity index (χ4n) is 4.42. The molecule has 0 unspecified atom stereocenters. The van der Waals surface area contributed by atoms with Crippen LogP contribution in [0.5, 0.6) is 0 Å². The van der Waals surface area contributed by atoms with Gasteiger partial charge in [-0.2, -0.15) is 0 Å². The number of amides is 2. The van der Waals surface area contributed by atoms with Crippen LogP contribution in [0.25, 0.3) is 0 Å². The third-order valence-electron chi connectivity index (χ3n) is 6.49. The maximum atomic E-state index is 13.2. The van der Waals surface area contributed by atoms with Gasteiger partial charge in [0.15, 0.2) is 34.7 Å². The highest BCUT2D eigenvalue weighted by Gasteiger charge is 2.40. The molecule has 13 nitrogen and oxygen atoms in total. The summed E-state index contributed by atoms with van der Waals surface area (Å²) in [5.41, 5.74) is 11.5. The summed E-state index contributed by atoms with van der Waals surface area (Å²) in [5.74, 6) is -0.479. The van der Waals surface area contributed by atoms with Crippen LogP contribution in [0.3, 0.4) is 0 Å². The molecule has 0 saturated carbocycles. The number of aromatic nitrogens is 2. The third-order valence-corrected chi connectivity index (χ3v) is 7.57. The predicted octanol–water partition coefficient (Wildman–Crippen LogP) is 0.628. The molecule has 2 aromatic rings. The van der Waals surface area contributed by atoms with Gasteiger partial charge >= 0.3 is 0 Å². The molecule has 1 aromatic heterocycles. The Hall–Kier alpha value is -3.17. The van der Waals surface area contributed by atoms with E-state index in [9.17, 15) is 9.59 Å². The van der Waals surface area contributed by atoms with Gasteiger partial charge in [-0.3, -0.25) is 24.6 Å². The van der Waals surface area contributed by atoms with Crippen LogP contribution in [0.1, 0.15) is 33.7 Å². The normalized spacial score (nSPS) is 18.9. The number of benzene rings is 1. The molecule has 15 heteroatoms. The second kappa shape index (κ2) is 11.3. The highest BCUT2D eigenvalue weighted by atomic mass is 35.5. The Morgan fingerprint density at radius 1 is 1.18 bits per heavy atom. The zero-order chi connectivity index (χ0) is 26.7. The molecular formula is C23H28ClN9O4S. The van der Waals surface area contributed by atoms with Gasteiger partial charge in [0.05, 0.1) is 31.8 Å². The molecule has 0 bridgehead atoms. The molecule has 5 rings (SSSR count). The molecule has 0 aliphatic carbocycles. The molecule has 1 spiro atoms. The Bertz CT molecular complexity index is 1250. The van der Waals surface area contributed by atoms with Crippen molar-refractivity contribution in [3.63, 3.8) is 0 Å². The van der Waals surface area contributed by atoms with Crippen LogP contribution in [-0.4, -0.2) is 83.9 Å². The minimum atomic E-state index is -0.594. The fraction of sp³-hybridized carbons (Fsp3) is 0.435. The van der Waals surface area contributed by atoms with Crippen LogP contribution in [0.2, 0.25) is 5.15 Å². The van der Waals surface area contributed by atoms with Crippen molar-refractivity contribution in [2.75, 3.05) is 50.9 Å². The van der Waals surface area contributed by atoms with E-state index in [-0.39, 0.29) is 40.2 Å². The summed E-state index contributed by atoms with van der Waals surface area (Å²) in [5, 5.41) is 5.87. The van der Waals surface area contributed by atoms with Gasteiger partial charge in [-0.05, 0) is 43.0 Å². The first kappa shape index (κ1) is 26.4. The SMILES string of the molecule is Nc1nc(N)c(C(=O)NC2=NCC3(CCN(C(=O)c4cccc(SNCC5OCCO5)c4)CC3)N2)nc1Cl. The number of halogens is 1. The number of hydrogen-bond acceptors (Lipinski definition) is 12. The number of carbonyl (C=O) groups is 2. The van der Waals surface area contributed by atoms with E-state index in [0.717, 1.165) is 4.90 Å². The van der Waals surface area contributed by atoms with Gasteiger partial charge in [-0.15, -0.1) is 0 Å². The lowest BCUT2D eigenvalue weighted by molar-refractivity contribution is -0.0351. The number of rotatable bonds is 6. The molecule has 2 saturated heterocycles. The summed E-state index contributed by atoms with van der Waals surface area (Å²) < 4.78 is 14.1. The van der Waals surface area contributed by atoms with Crippen LogP contribution < -0.4 is 26.8 Å². The standard InChI is InChI=1S/C23H28ClN9O4S/c24-17-19(26)30-18(25)16(29-17)20(34)31-22-27-12-23(32-22)4-6-33(7-5-23)21(35)13-2-1-3-14(10-13)38-28-11-15-36-8-9-37-15/h1-3,10,15,28H,4-9,11-12H2,(H4,25,26,30)(H2,27,31,32,34). The quantitative estimate of drug-likeness (QED) is 0.312. The minimum absolute atomic E-state index is 0.0218. The Labute approximate surface area is 228 Å². The zero-order valence-corrected chi connectivity index (χ0v) is 22.0. The number of nitrogen functional groups attached to an aromatic ring is 2. The van der Waals surface area contributed by atoms with Crippen molar-refractivity contribution in [1.82, 2.24) is 30.2 Å². The largest absolute Gasteiger partial charge is 0.382 e. The van der Waals surface area contributed by atoms with Gasteiger partial charge in [0.1, 0.15) is 0 Å². The molecule has 1 aromatic carbocycles. The molecule has 7 N–H and O–H groups in total. The van der Waals surface area contributed by atoms with Crippen molar-refractivity contribution < 1.29 is 19.1 Å². The fourth-order valence-corrected chi connectivity index (χ4v) is 5.27. The molecule has 2 fully saturated rings. The van der Waals surface area contributed by atoms with Gasteiger partial charge < -0.3 is 31.2 Å². The molecule has 0 radical (unpaired) electrons. The Morgan fingerprint density at radius 3 is 2.71 bits per heavy atom. The average Bonchev–Trinajstić information content (AvgIpc) is 3.57. The molecule has 3 aliphatic rings.